The van der Waals surface area contributed by atoms with Gasteiger partial charge in [0.15, 0.2) is 0 Å². The number of rotatable bonds is 1. The molecule has 2 aromatic rings. The fourth-order valence-corrected chi connectivity index (χ4v) is 4.70. The maximum Gasteiger partial charge on any atom is 0.240 e. The zero-order chi connectivity index (χ0) is 16.0. The molecule has 1 aliphatic heterocycles. The van der Waals surface area contributed by atoms with Gasteiger partial charge in [-0.25, -0.2) is 5.01 Å². The molecule has 2 atom stereocenters. The second-order valence-electron chi connectivity index (χ2n) is 6.47. The smallest absolute Gasteiger partial charge is 0.240 e. The van der Waals surface area contributed by atoms with Crippen LogP contribution >= 0.6 is 11.3 Å². The maximum atomic E-state index is 12.2. The molecule has 0 saturated heterocycles. The molecule has 1 aromatic carbocycles. The average molecular weight is 324 g/mol. The normalized spacial score (nSPS) is 23.0. The van der Waals surface area contributed by atoms with Crippen LogP contribution in [0.15, 0.2) is 40.8 Å². The van der Waals surface area contributed by atoms with Crippen LogP contribution in [-0.2, 0) is 11.2 Å². The van der Waals surface area contributed by atoms with Gasteiger partial charge in [0.1, 0.15) is 0 Å². The predicted octanol–water partition coefficient (Wildman–Crippen LogP) is 4.32. The highest BCUT2D eigenvalue weighted by atomic mass is 32.1. The molecule has 118 valence electrons. The Kier molecular flexibility index (Phi) is 3.57. The zero-order valence-corrected chi connectivity index (χ0v) is 14.3. The lowest BCUT2D eigenvalue weighted by Gasteiger charge is -2.24. The minimum absolute atomic E-state index is 0.0261. The summed E-state index contributed by atoms with van der Waals surface area (Å²) in [6.45, 7) is 3.74. The van der Waals surface area contributed by atoms with Crippen molar-refractivity contribution in [3.8, 4) is 0 Å². The van der Waals surface area contributed by atoms with E-state index in [0.29, 0.717) is 5.92 Å². The third kappa shape index (κ3) is 2.41. The van der Waals surface area contributed by atoms with Gasteiger partial charge in [-0.2, -0.15) is 5.10 Å². The zero-order valence-electron chi connectivity index (χ0n) is 13.5. The third-order valence-electron chi connectivity index (χ3n) is 4.87. The molecule has 0 bridgehead atoms. The van der Waals surface area contributed by atoms with E-state index in [0.717, 1.165) is 25.0 Å². The molecule has 4 rings (SSSR count). The van der Waals surface area contributed by atoms with Gasteiger partial charge in [0, 0.05) is 23.3 Å². The summed E-state index contributed by atoms with van der Waals surface area (Å²) in [4.78, 5) is 13.4. The quantitative estimate of drug-likeness (QED) is 0.769. The van der Waals surface area contributed by atoms with E-state index in [2.05, 4.69) is 42.6 Å². The van der Waals surface area contributed by atoms with Gasteiger partial charge in [0.2, 0.25) is 5.91 Å². The standard InChI is InChI=1S/C19H20N2OS/c1-12-8-9-14-5-3-6-15-18(16(14)11-12)20-21(13(2)22)19(15)17-7-4-10-23-17/h4,7-11,15,19H,3,5-6H2,1-2H3/t15-,19-/m1/s1. The van der Waals surface area contributed by atoms with Crippen LogP contribution in [0, 0.1) is 12.8 Å². The highest BCUT2D eigenvalue weighted by Gasteiger charge is 2.42. The molecule has 2 heterocycles. The topological polar surface area (TPSA) is 32.7 Å². The van der Waals surface area contributed by atoms with Crippen molar-refractivity contribution < 1.29 is 4.79 Å². The second kappa shape index (κ2) is 5.60. The lowest BCUT2D eigenvalue weighted by Crippen LogP contribution is -2.28. The number of nitrogens with zero attached hydrogens (tertiary/aromatic N) is 2. The van der Waals surface area contributed by atoms with Crippen LogP contribution in [-0.4, -0.2) is 16.6 Å². The van der Waals surface area contributed by atoms with Gasteiger partial charge in [-0.3, -0.25) is 4.79 Å². The highest BCUT2D eigenvalue weighted by Crippen LogP contribution is 2.44. The summed E-state index contributed by atoms with van der Waals surface area (Å²) in [6, 6.07) is 10.9. The van der Waals surface area contributed by atoms with Crippen LogP contribution < -0.4 is 0 Å². The van der Waals surface area contributed by atoms with Crippen LogP contribution in [0.2, 0.25) is 0 Å². The van der Waals surface area contributed by atoms with E-state index in [1.807, 2.05) is 0 Å². The summed E-state index contributed by atoms with van der Waals surface area (Å²) >= 11 is 1.72. The molecule has 0 unspecified atom stereocenters. The Morgan fingerprint density at radius 1 is 1.35 bits per heavy atom. The molecule has 2 aliphatic rings. The Bertz CT molecular complexity index is 779. The summed E-state index contributed by atoms with van der Waals surface area (Å²) in [5.74, 6) is 0.332. The molecule has 0 spiro atoms. The van der Waals surface area contributed by atoms with Gasteiger partial charge in [-0.15, -0.1) is 11.3 Å². The molecule has 0 N–H and O–H groups in total. The van der Waals surface area contributed by atoms with Crippen molar-refractivity contribution in [2.75, 3.05) is 0 Å². The Morgan fingerprint density at radius 2 is 2.22 bits per heavy atom. The fourth-order valence-electron chi connectivity index (χ4n) is 3.82. The first kappa shape index (κ1) is 14.6. The van der Waals surface area contributed by atoms with Gasteiger partial charge in [0.05, 0.1) is 11.8 Å². The monoisotopic (exact) mass is 324 g/mol. The minimum atomic E-state index is 0.0261. The van der Waals surface area contributed by atoms with Crippen molar-refractivity contribution in [1.29, 1.82) is 0 Å². The van der Waals surface area contributed by atoms with Crippen molar-refractivity contribution in [1.82, 2.24) is 5.01 Å². The SMILES string of the molecule is CC(=O)N1N=C2c3cc(C)ccc3CCC[C@H]2[C@@H]1c1cccs1. The van der Waals surface area contributed by atoms with Gasteiger partial charge in [0.25, 0.3) is 0 Å². The van der Waals surface area contributed by atoms with Crippen molar-refractivity contribution in [2.24, 2.45) is 11.0 Å². The van der Waals surface area contributed by atoms with Gasteiger partial charge in [-0.05, 0) is 49.3 Å². The first-order chi connectivity index (χ1) is 11.1. The van der Waals surface area contributed by atoms with Crippen LogP contribution in [0.3, 0.4) is 0 Å². The van der Waals surface area contributed by atoms with Gasteiger partial charge >= 0.3 is 0 Å². The van der Waals surface area contributed by atoms with E-state index in [4.69, 9.17) is 5.10 Å². The van der Waals surface area contributed by atoms with E-state index < -0.39 is 0 Å². The molecule has 4 heteroatoms. The van der Waals surface area contributed by atoms with Crippen molar-refractivity contribution in [2.45, 2.75) is 39.2 Å². The Hall–Kier alpha value is -1.94. The van der Waals surface area contributed by atoms with Crippen LogP contribution in [0.5, 0.6) is 0 Å². The number of hydrogen-bond donors (Lipinski definition) is 0. The Labute approximate surface area is 140 Å². The van der Waals surface area contributed by atoms with Gasteiger partial charge in [-0.1, -0.05) is 23.8 Å². The minimum Gasteiger partial charge on any atom is -0.273 e. The van der Waals surface area contributed by atoms with E-state index in [-0.39, 0.29) is 11.9 Å². The first-order valence-electron chi connectivity index (χ1n) is 8.17. The third-order valence-corrected chi connectivity index (χ3v) is 5.81. The van der Waals surface area contributed by atoms with Crippen molar-refractivity contribution in [3.63, 3.8) is 0 Å². The molecule has 1 aromatic heterocycles. The van der Waals surface area contributed by atoms with E-state index >= 15 is 0 Å². The average Bonchev–Trinajstić information content (AvgIpc) is 3.12. The molecule has 3 nitrogen and oxygen atoms in total. The number of hydrogen-bond acceptors (Lipinski definition) is 3. The summed E-state index contributed by atoms with van der Waals surface area (Å²) in [7, 11) is 0. The van der Waals surface area contributed by atoms with E-state index in [9.17, 15) is 4.79 Å². The molecule has 23 heavy (non-hydrogen) atoms. The van der Waals surface area contributed by atoms with E-state index in [1.54, 1.807) is 23.3 Å². The highest BCUT2D eigenvalue weighted by molar-refractivity contribution is 7.10. The van der Waals surface area contributed by atoms with Gasteiger partial charge < -0.3 is 0 Å². The number of thiophene rings is 1. The number of aryl methyl sites for hydroxylation is 2. The van der Waals surface area contributed by atoms with Crippen LogP contribution in [0.1, 0.15) is 47.4 Å². The van der Waals surface area contributed by atoms with E-state index in [1.165, 1.54) is 21.6 Å². The lowest BCUT2D eigenvalue weighted by molar-refractivity contribution is -0.131. The molecule has 0 radical (unpaired) electrons. The summed E-state index contributed by atoms with van der Waals surface area (Å²) in [6.07, 6.45) is 3.33. The number of hydrazone groups is 1. The summed E-state index contributed by atoms with van der Waals surface area (Å²) < 4.78 is 0. The summed E-state index contributed by atoms with van der Waals surface area (Å²) in [5.41, 5.74) is 4.97. The Balaban J connectivity index is 1.85. The number of fused-ring (bicyclic) bond motifs is 3. The van der Waals surface area contributed by atoms with Crippen molar-refractivity contribution >= 4 is 23.0 Å². The number of carbonyl (C=O) groups is 1. The molecule has 0 fully saturated rings. The maximum absolute atomic E-state index is 12.2. The largest absolute Gasteiger partial charge is 0.273 e. The number of carbonyl (C=O) groups excluding carboxylic acids is 1. The molecular formula is C19H20N2OS. The number of benzene rings is 1. The lowest BCUT2D eigenvalue weighted by atomic mass is 9.87. The molecule has 1 amide bonds. The van der Waals surface area contributed by atoms with Crippen LogP contribution in [0.25, 0.3) is 0 Å². The summed E-state index contributed by atoms with van der Waals surface area (Å²) in [5, 5.41) is 8.59. The molecule has 1 aliphatic carbocycles. The Morgan fingerprint density at radius 3 is 2.96 bits per heavy atom. The second-order valence-corrected chi connectivity index (χ2v) is 7.45. The first-order valence-corrected chi connectivity index (χ1v) is 9.04. The number of amides is 1. The predicted molar refractivity (Wildman–Crippen MR) is 93.7 cm³/mol. The fraction of sp³-hybridized carbons (Fsp3) is 0.368. The van der Waals surface area contributed by atoms with Crippen molar-refractivity contribution in [3.05, 3.63) is 57.3 Å². The molecule has 0 saturated carbocycles. The van der Waals surface area contributed by atoms with Crippen LogP contribution in [0.4, 0.5) is 0 Å². The molecular weight excluding hydrogens is 304 g/mol.